The molecule has 1 aromatic carbocycles. The van der Waals surface area contributed by atoms with Crippen molar-refractivity contribution in [2.45, 2.75) is 30.8 Å². The third-order valence-electron chi connectivity index (χ3n) is 6.34. The van der Waals surface area contributed by atoms with Crippen LogP contribution in [0.15, 0.2) is 55.1 Å². The van der Waals surface area contributed by atoms with Crippen LogP contribution in [0.3, 0.4) is 0 Å². The van der Waals surface area contributed by atoms with Crippen LogP contribution >= 0.6 is 11.8 Å². The molecule has 4 heterocycles. The normalized spacial score (nSPS) is 24.2. The van der Waals surface area contributed by atoms with Gasteiger partial charge in [-0.05, 0) is 18.1 Å². The largest absolute Gasteiger partial charge is 0.338 e. The molecule has 10 heteroatoms. The molecule has 8 nitrogen and oxygen atoms in total. The average molecular weight is 480 g/mol. The summed E-state index contributed by atoms with van der Waals surface area (Å²) in [5, 5.41) is 6.75. The second kappa shape index (κ2) is 9.27. The van der Waals surface area contributed by atoms with Crippen LogP contribution in [-0.2, 0) is 5.54 Å². The molecule has 2 aliphatic heterocycles. The number of thioether (sulfide) groups is 1. The Morgan fingerprint density at radius 3 is 2.79 bits per heavy atom. The number of aromatic nitrogens is 4. The third-order valence-corrected chi connectivity index (χ3v) is 7.50. The van der Waals surface area contributed by atoms with E-state index in [9.17, 15) is 9.18 Å². The molecule has 2 N–H and O–H groups in total. The van der Waals surface area contributed by atoms with Crippen LogP contribution in [0.5, 0.6) is 0 Å². The summed E-state index contributed by atoms with van der Waals surface area (Å²) in [6, 6.07) is 9.15. The Bertz CT molecular complexity index is 1170. The SMILES string of the molecule is CC(C)c1nc(N2CC3CSC(NC(=O)c4ccccc4)NC3(c3cnccn3)C2)ncc1F. The van der Waals surface area contributed by atoms with Gasteiger partial charge in [0.05, 0.1) is 29.3 Å². The molecule has 0 saturated carbocycles. The van der Waals surface area contributed by atoms with Crippen molar-refractivity contribution in [3.8, 4) is 0 Å². The number of nitrogens with one attached hydrogen (secondary N) is 2. The molecule has 2 aliphatic rings. The molecule has 0 spiro atoms. The number of nitrogens with zero attached hydrogens (tertiary/aromatic N) is 5. The molecule has 3 aromatic rings. The van der Waals surface area contributed by atoms with Gasteiger partial charge < -0.3 is 10.2 Å². The maximum Gasteiger partial charge on any atom is 0.253 e. The first-order valence-electron chi connectivity index (χ1n) is 11.3. The highest BCUT2D eigenvalue weighted by Crippen LogP contribution is 2.43. The Kier molecular flexibility index (Phi) is 6.18. The van der Waals surface area contributed by atoms with E-state index in [1.54, 1.807) is 42.5 Å². The van der Waals surface area contributed by atoms with E-state index in [-0.39, 0.29) is 23.2 Å². The molecule has 5 rings (SSSR count). The second-order valence-electron chi connectivity index (χ2n) is 8.89. The zero-order valence-electron chi connectivity index (χ0n) is 19.0. The minimum Gasteiger partial charge on any atom is -0.338 e. The lowest BCUT2D eigenvalue weighted by Crippen LogP contribution is -2.61. The van der Waals surface area contributed by atoms with Gasteiger partial charge in [0.2, 0.25) is 5.95 Å². The van der Waals surface area contributed by atoms with Crippen molar-refractivity contribution in [1.82, 2.24) is 30.6 Å². The molecule has 34 heavy (non-hydrogen) atoms. The zero-order chi connectivity index (χ0) is 23.7. The Labute approximate surface area is 201 Å². The van der Waals surface area contributed by atoms with Gasteiger partial charge in [0, 0.05) is 42.7 Å². The van der Waals surface area contributed by atoms with Gasteiger partial charge in [-0.2, -0.15) is 0 Å². The molecular weight excluding hydrogens is 453 g/mol. The summed E-state index contributed by atoms with van der Waals surface area (Å²) in [6.45, 7) is 5.04. The predicted molar refractivity (Wildman–Crippen MR) is 129 cm³/mol. The van der Waals surface area contributed by atoms with Gasteiger partial charge in [-0.25, -0.2) is 14.4 Å². The van der Waals surface area contributed by atoms with Gasteiger partial charge in [-0.1, -0.05) is 32.0 Å². The van der Waals surface area contributed by atoms with Crippen molar-refractivity contribution >= 4 is 23.6 Å². The molecule has 0 aliphatic carbocycles. The molecular formula is C24H26FN7OS. The smallest absolute Gasteiger partial charge is 0.253 e. The highest BCUT2D eigenvalue weighted by atomic mass is 32.2. The van der Waals surface area contributed by atoms with Crippen LogP contribution in [-0.4, -0.2) is 50.2 Å². The Balaban J connectivity index is 1.44. The highest BCUT2D eigenvalue weighted by molar-refractivity contribution is 7.99. The lowest BCUT2D eigenvalue weighted by atomic mass is 9.85. The molecule has 0 bridgehead atoms. The van der Waals surface area contributed by atoms with Crippen molar-refractivity contribution in [2.75, 3.05) is 23.7 Å². The standard InChI is InChI=1S/C24H26FN7OS/c1-15(2)20-18(25)10-28-22(29-20)32-12-17-13-34-23(30-21(33)16-6-4-3-5-7-16)31-24(17,14-32)19-11-26-8-9-27-19/h3-11,15,17,23,31H,12-14H2,1-2H3,(H,30,33). The zero-order valence-corrected chi connectivity index (χ0v) is 19.8. The van der Waals surface area contributed by atoms with Gasteiger partial charge in [0.25, 0.3) is 5.91 Å². The van der Waals surface area contributed by atoms with Crippen LogP contribution in [0.2, 0.25) is 0 Å². The molecule has 3 atom stereocenters. The Morgan fingerprint density at radius 2 is 2.06 bits per heavy atom. The summed E-state index contributed by atoms with van der Waals surface area (Å²) in [5.41, 5.74) is 0.932. The van der Waals surface area contributed by atoms with Gasteiger partial charge in [-0.3, -0.25) is 20.1 Å². The first-order valence-corrected chi connectivity index (χ1v) is 12.3. The minimum absolute atomic E-state index is 0.0492. The highest BCUT2D eigenvalue weighted by Gasteiger charge is 2.53. The van der Waals surface area contributed by atoms with Gasteiger partial charge in [0.15, 0.2) is 5.82 Å². The van der Waals surface area contributed by atoms with E-state index < -0.39 is 11.4 Å². The van der Waals surface area contributed by atoms with Crippen LogP contribution in [0.1, 0.15) is 41.5 Å². The van der Waals surface area contributed by atoms with Crippen LogP contribution in [0.25, 0.3) is 0 Å². The summed E-state index contributed by atoms with van der Waals surface area (Å²) in [5.74, 6) is 0.868. The van der Waals surface area contributed by atoms with E-state index in [1.807, 2.05) is 32.0 Å². The average Bonchev–Trinajstić information content (AvgIpc) is 3.25. The molecule has 1 amide bonds. The van der Waals surface area contributed by atoms with Crippen molar-refractivity contribution in [3.05, 3.63) is 77.9 Å². The monoisotopic (exact) mass is 479 g/mol. The van der Waals surface area contributed by atoms with E-state index >= 15 is 0 Å². The molecule has 0 radical (unpaired) electrons. The topological polar surface area (TPSA) is 95.9 Å². The first kappa shape index (κ1) is 22.7. The fourth-order valence-corrected chi connectivity index (χ4v) is 5.91. The second-order valence-corrected chi connectivity index (χ2v) is 10.0. The lowest BCUT2D eigenvalue weighted by molar-refractivity contribution is 0.0932. The maximum atomic E-state index is 14.2. The Morgan fingerprint density at radius 1 is 1.24 bits per heavy atom. The molecule has 2 saturated heterocycles. The minimum atomic E-state index is -0.566. The number of carbonyl (C=O) groups is 1. The lowest BCUT2D eigenvalue weighted by Gasteiger charge is -2.42. The van der Waals surface area contributed by atoms with E-state index in [0.29, 0.717) is 30.3 Å². The summed E-state index contributed by atoms with van der Waals surface area (Å²) in [4.78, 5) is 32.6. The molecule has 2 fully saturated rings. The number of rotatable bonds is 5. The number of hydrogen-bond donors (Lipinski definition) is 2. The van der Waals surface area contributed by atoms with Crippen LogP contribution < -0.4 is 15.5 Å². The van der Waals surface area contributed by atoms with Crippen molar-refractivity contribution in [3.63, 3.8) is 0 Å². The van der Waals surface area contributed by atoms with Gasteiger partial charge in [-0.15, -0.1) is 11.8 Å². The number of benzene rings is 1. The molecule has 2 aromatic heterocycles. The summed E-state index contributed by atoms with van der Waals surface area (Å²) < 4.78 is 14.2. The maximum absolute atomic E-state index is 14.2. The number of hydrogen-bond acceptors (Lipinski definition) is 8. The number of fused-ring (bicyclic) bond motifs is 1. The third kappa shape index (κ3) is 4.23. The number of carbonyl (C=O) groups excluding carboxylic acids is 1. The fourth-order valence-electron chi connectivity index (χ4n) is 4.61. The fraction of sp³-hybridized carbons (Fsp3) is 0.375. The van der Waals surface area contributed by atoms with Crippen molar-refractivity contribution < 1.29 is 9.18 Å². The number of anilines is 1. The van der Waals surface area contributed by atoms with E-state index in [2.05, 4.69) is 35.5 Å². The van der Waals surface area contributed by atoms with Gasteiger partial charge >= 0.3 is 0 Å². The molecule has 3 unspecified atom stereocenters. The number of halogens is 1. The van der Waals surface area contributed by atoms with Crippen molar-refractivity contribution in [2.24, 2.45) is 5.92 Å². The molecule has 176 valence electrons. The first-order chi connectivity index (χ1) is 16.5. The van der Waals surface area contributed by atoms with Crippen molar-refractivity contribution in [1.29, 1.82) is 0 Å². The quantitative estimate of drug-likeness (QED) is 0.577. The summed E-state index contributed by atoms with van der Waals surface area (Å²) >= 11 is 1.64. The van der Waals surface area contributed by atoms with Crippen LogP contribution in [0.4, 0.5) is 10.3 Å². The summed E-state index contributed by atoms with van der Waals surface area (Å²) in [7, 11) is 0. The summed E-state index contributed by atoms with van der Waals surface area (Å²) in [6.07, 6.45) is 6.34. The van der Waals surface area contributed by atoms with Crippen LogP contribution in [0, 0.1) is 11.7 Å². The van der Waals surface area contributed by atoms with E-state index in [4.69, 9.17) is 0 Å². The number of amides is 1. The van der Waals surface area contributed by atoms with Gasteiger partial charge in [0.1, 0.15) is 5.50 Å². The van der Waals surface area contributed by atoms with E-state index in [1.165, 1.54) is 6.20 Å². The predicted octanol–water partition coefficient (Wildman–Crippen LogP) is 2.91. The van der Waals surface area contributed by atoms with E-state index in [0.717, 1.165) is 11.4 Å². The Hall–Kier alpha value is -3.11.